The molecule has 1 aliphatic rings. The molecule has 28 heavy (non-hydrogen) atoms. The molecule has 2 atom stereocenters. The standard InChI is InChI=1S/C21H21ClN2O4/c22-13-6-5-7-14(12-13)23-20(26)17-10-3-4-11-18(17)24-19(25)15-8-1-2-9-16(15)21(27)28/h3-7,10-12,15-16H,1-2,8-9H2,(H,23,26)(H,24,25)(H,27,28)/p-1. The van der Waals surface area contributed by atoms with Gasteiger partial charge in [-0.15, -0.1) is 0 Å². The number of carbonyl (C=O) groups is 3. The van der Waals surface area contributed by atoms with Crippen molar-refractivity contribution >= 4 is 40.8 Å². The monoisotopic (exact) mass is 399 g/mol. The van der Waals surface area contributed by atoms with Gasteiger partial charge in [0.2, 0.25) is 5.91 Å². The van der Waals surface area contributed by atoms with Crippen LogP contribution in [0.2, 0.25) is 5.02 Å². The molecule has 1 aliphatic carbocycles. The fraction of sp³-hybridized carbons (Fsp3) is 0.286. The maximum Gasteiger partial charge on any atom is 0.257 e. The van der Waals surface area contributed by atoms with E-state index in [9.17, 15) is 19.5 Å². The van der Waals surface area contributed by atoms with Crippen LogP contribution in [0.5, 0.6) is 0 Å². The van der Waals surface area contributed by atoms with Crippen LogP contribution in [0.15, 0.2) is 48.5 Å². The molecule has 2 aromatic carbocycles. The number of hydrogen-bond donors (Lipinski definition) is 2. The first-order chi connectivity index (χ1) is 13.5. The van der Waals surface area contributed by atoms with Gasteiger partial charge < -0.3 is 20.5 Å². The van der Waals surface area contributed by atoms with Crippen molar-refractivity contribution in [3.8, 4) is 0 Å². The van der Waals surface area contributed by atoms with Crippen molar-refractivity contribution in [2.75, 3.05) is 10.6 Å². The van der Waals surface area contributed by atoms with Gasteiger partial charge in [-0.25, -0.2) is 0 Å². The highest BCUT2D eigenvalue weighted by atomic mass is 35.5. The Morgan fingerprint density at radius 1 is 0.929 bits per heavy atom. The van der Waals surface area contributed by atoms with Gasteiger partial charge in [-0.3, -0.25) is 9.59 Å². The van der Waals surface area contributed by atoms with Crippen LogP contribution in [0.3, 0.4) is 0 Å². The van der Waals surface area contributed by atoms with Crippen molar-refractivity contribution in [1.29, 1.82) is 0 Å². The smallest absolute Gasteiger partial charge is 0.257 e. The van der Waals surface area contributed by atoms with E-state index in [4.69, 9.17) is 11.6 Å². The normalized spacial score (nSPS) is 18.9. The number of carboxylic acid groups (broad SMARTS) is 1. The number of benzene rings is 2. The summed E-state index contributed by atoms with van der Waals surface area (Å²) >= 11 is 5.94. The molecule has 0 heterocycles. The molecule has 0 aromatic heterocycles. The van der Waals surface area contributed by atoms with Crippen molar-refractivity contribution in [3.05, 3.63) is 59.1 Å². The van der Waals surface area contributed by atoms with Gasteiger partial charge in [0.05, 0.1) is 11.3 Å². The fourth-order valence-corrected chi connectivity index (χ4v) is 3.70. The van der Waals surface area contributed by atoms with Crippen molar-refractivity contribution < 1.29 is 19.5 Å². The van der Waals surface area contributed by atoms with Gasteiger partial charge in [0, 0.05) is 28.5 Å². The summed E-state index contributed by atoms with van der Waals surface area (Å²) in [7, 11) is 0. The van der Waals surface area contributed by atoms with Crippen molar-refractivity contribution in [1.82, 2.24) is 0 Å². The van der Waals surface area contributed by atoms with E-state index in [-0.39, 0.29) is 5.56 Å². The zero-order valence-electron chi connectivity index (χ0n) is 15.1. The second-order valence-electron chi connectivity index (χ2n) is 6.82. The predicted molar refractivity (Wildman–Crippen MR) is 105 cm³/mol. The Balaban J connectivity index is 1.77. The van der Waals surface area contributed by atoms with E-state index in [1.54, 1.807) is 48.5 Å². The average molecular weight is 400 g/mol. The Labute approximate surface area is 167 Å². The molecule has 0 saturated heterocycles. The van der Waals surface area contributed by atoms with Gasteiger partial charge in [-0.2, -0.15) is 0 Å². The largest absolute Gasteiger partial charge is 0.550 e. The second kappa shape index (κ2) is 8.89. The summed E-state index contributed by atoms with van der Waals surface area (Å²) < 4.78 is 0. The van der Waals surface area contributed by atoms with Crippen LogP contribution in [0.25, 0.3) is 0 Å². The van der Waals surface area contributed by atoms with Gasteiger partial charge in [-0.05, 0) is 43.2 Å². The third kappa shape index (κ3) is 4.70. The van der Waals surface area contributed by atoms with E-state index < -0.39 is 29.6 Å². The van der Waals surface area contributed by atoms with Crippen LogP contribution in [0.4, 0.5) is 11.4 Å². The molecule has 0 spiro atoms. The molecule has 6 nitrogen and oxygen atoms in total. The Bertz CT molecular complexity index is 899. The van der Waals surface area contributed by atoms with Gasteiger partial charge in [0.15, 0.2) is 0 Å². The molecule has 3 rings (SSSR count). The first kappa shape index (κ1) is 19.9. The molecule has 1 saturated carbocycles. The number of carboxylic acids is 1. The number of aliphatic carboxylic acids is 1. The fourth-order valence-electron chi connectivity index (χ4n) is 3.51. The number of anilines is 2. The maximum atomic E-state index is 12.7. The lowest BCUT2D eigenvalue weighted by Crippen LogP contribution is -2.42. The molecule has 0 bridgehead atoms. The van der Waals surface area contributed by atoms with Gasteiger partial charge in [-0.1, -0.05) is 42.6 Å². The minimum atomic E-state index is -1.20. The Hall–Kier alpha value is -2.86. The third-order valence-corrected chi connectivity index (χ3v) is 5.15. The predicted octanol–water partition coefficient (Wildman–Crippen LogP) is 3.09. The highest BCUT2D eigenvalue weighted by Gasteiger charge is 2.32. The third-order valence-electron chi connectivity index (χ3n) is 4.92. The summed E-state index contributed by atoms with van der Waals surface area (Å²) in [5.41, 5.74) is 1.13. The number of carbonyl (C=O) groups excluding carboxylic acids is 3. The number of para-hydroxylation sites is 1. The summed E-state index contributed by atoms with van der Waals surface area (Å²) in [5, 5.41) is 17.3. The number of hydrogen-bond acceptors (Lipinski definition) is 4. The quantitative estimate of drug-likeness (QED) is 0.807. The number of rotatable bonds is 5. The van der Waals surface area contributed by atoms with E-state index >= 15 is 0 Å². The van der Waals surface area contributed by atoms with Crippen molar-refractivity contribution in [3.63, 3.8) is 0 Å². The SMILES string of the molecule is O=C(Nc1cccc(Cl)c1)c1ccccc1NC(=O)C1CCCCC1C(=O)[O-]. The molecular formula is C21H20ClN2O4-. The lowest BCUT2D eigenvalue weighted by molar-refractivity contribution is -0.313. The van der Waals surface area contributed by atoms with Crippen LogP contribution in [0.1, 0.15) is 36.0 Å². The summed E-state index contributed by atoms with van der Waals surface area (Å²) in [6, 6.07) is 13.3. The summed E-state index contributed by atoms with van der Waals surface area (Å²) in [4.78, 5) is 36.7. The number of nitrogens with one attached hydrogen (secondary N) is 2. The highest BCUT2D eigenvalue weighted by Crippen LogP contribution is 2.31. The Morgan fingerprint density at radius 3 is 2.36 bits per heavy atom. The van der Waals surface area contributed by atoms with E-state index in [0.29, 0.717) is 29.2 Å². The lowest BCUT2D eigenvalue weighted by Gasteiger charge is -2.31. The Kier molecular flexibility index (Phi) is 6.31. The lowest BCUT2D eigenvalue weighted by atomic mass is 9.78. The van der Waals surface area contributed by atoms with E-state index in [1.165, 1.54) is 0 Å². The number of amides is 2. The molecular weight excluding hydrogens is 380 g/mol. The Morgan fingerprint density at radius 2 is 1.64 bits per heavy atom. The molecule has 0 aliphatic heterocycles. The molecule has 2 aromatic rings. The first-order valence-electron chi connectivity index (χ1n) is 9.13. The highest BCUT2D eigenvalue weighted by molar-refractivity contribution is 6.31. The minimum Gasteiger partial charge on any atom is -0.550 e. The summed E-state index contributed by atoms with van der Waals surface area (Å²) in [6.07, 6.45) is 2.47. The second-order valence-corrected chi connectivity index (χ2v) is 7.25. The van der Waals surface area contributed by atoms with E-state index in [1.807, 2.05) is 0 Å². The van der Waals surface area contributed by atoms with Gasteiger partial charge in [0.25, 0.3) is 5.91 Å². The molecule has 2 amide bonds. The molecule has 2 N–H and O–H groups in total. The molecule has 1 fully saturated rings. The summed E-state index contributed by atoms with van der Waals surface area (Å²) in [6.45, 7) is 0. The molecule has 7 heteroatoms. The van der Waals surface area contributed by atoms with Crippen molar-refractivity contribution in [2.24, 2.45) is 11.8 Å². The molecule has 146 valence electrons. The van der Waals surface area contributed by atoms with Gasteiger partial charge >= 0.3 is 0 Å². The van der Waals surface area contributed by atoms with E-state index in [2.05, 4.69) is 10.6 Å². The van der Waals surface area contributed by atoms with Crippen LogP contribution >= 0.6 is 11.6 Å². The molecule has 0 radical (unpaired) electrons. The molecule has 2 unspecified atom stereocenters. The van der Waals surface area contributed by atoms with Crippen molar-refractivity contribution in [2.45, 2.75) is 25.7 Å². The first-order valence-corrected chi connectivity index (χ1v) is 9.51. The topological polar surface area (TPSA) is 98.3 Å². The van der Waals surface area contributed by atoms with Crippen LogP contribution in [-0.4, -0.2) is 17.8 Å². The average Bonchev–Trinajstić information content (AvgIpc) is 2.68. The summed E-state index contributed by atoms with van der Waals surface area (Å²) in [5.74, 6) is -3.48. The zero-order chi connectivity index (χ0) is 20.1. The van der Waals surface area contributed by atoms with Gasteiger partial charge in [0.1, 0.15) is 0 Å². The zero-order valence-corrected chi connectivity index (χ0v) is 15.9. The van der Waals surface area contributed by atoms with Crippen LogP contribution in [0, 0.1) is 11.8 Å². The number of halogens is 1. The van der Waals surface area contributed by atoms with E-state index in [0.717, 1.165) is 12.8 Å². The minimum absolute atomic E-state index is 0.275. The van der Waals surface area contributed by atoms with Crippen LogP contribution < -0.4 is 15.7 Å². The van der Waals surface area contributed by atoms with Crippen LogP contribution in [-0.2, 0) is 9.59 Å². The maximum absolute atomic E-state index is 12.7.